The first kappa shape index (κ1) is 63.4. The number of amides is 1. The number of ether oxygens (including phenoxy) is 3. The van der Waals surface area contributed by atoms with E-state index in [2.05, 4.69) is 19.2 Å². The largest absolute Gasteiger partial charge is 0.466 e. The zero-order valence-electron chi connectivity index (χ0n) is 43.4. The van der Waals surface area contributed by atoms with E-state index < -0.39 is 49.5 Å². The van der Waals surface area contributed by atoms with E-state index in [1.54, 1.807) is 6.08 Å². The number of esters is 1. The molecule has 6 N–H and O–H groups in total. The van der Waals surface area contributed by atoms with Gasteiger partial charge in [0, 0.05) is 12.8 Å². The zero-order chi connectivity index (χ0) is 48.8. The Labute approximate surface area is 410 Å². The monoisotopic (exact) mass is 954 g/mol. The average molecular weight is 954 g/mol. The van der Waals surface area contributed by atoms with Gasteiger partial charge < -0.3 is 45.1 Å². The summed E-state index contributed by atoms with van der Waals surface area (Å²) in [4.78, 5) is 25.1. The van der Waals surface area contributed by atoms with Gasteiger partial charge in [0.15, 0.2) is 6.29 Å². The van der Waals surface area contributed by atoms with E-state index in [1.807, 2.05) is 6.08 Å². The number of hydrogen-bond donors (Lipinski definition) is 6. The third-order valence-corrected chi connectivity index (χ3v) is 13.7. The highest BCUT2D eigenvalue weighted by Crippen LogP contribution is 2.23. The van der Waals surface area contributed by atoms with E-state index in [4.69, 9.17) is 14.2 Å². The molecule has 0 aliphatic carbocycles. The summed E-state index contributed by atoms with van der Waals surface area (Å²) in [6.45, 7) is 4.26. The molecule has 7 atom stereocenters. The number of aliphatic hydroxyl groups is 5. The maximum Gasteiger partial charge on any atom is 0.305 e. The molecule has 1 heterocycles. The van der Waals surface area contributed by atoms with E-state index in [-0.39, 0.29) is 18.5 Å². The van der Waals surface area contributed by atoms with Crippen LogP contribution in [0.1, 0.15) is 271 Å². The van der Waals surface area contributed by atoms with Crippen LogP contribution in [0.15, 0.2) is 12.2 Å². The first-order chi connectivity index (χ1) is 32.7. The van der Waals surface area contributed by atoms with Crippen molar-refractivity contribution in [2.75, 3.05) is 19.8 Å². The molecule has 0 aromatic rings. The molecule has 1 saturated heterocycles. The molecule has 7 unspecified atom stereocenters. The lowest BCUT2D eigenvalue weighted by atomic mass is 9.99. The van der Waals surface area contributed by atoms with Gasteiger partial charge >= 0.3 is 5.97 Å². The third-order valence-electron chi connectivity index (χ3n) is 13.7. The number of hydrogen-bond acceptors (Lipinski definition) is 10. The summed E-state index contributed by atoms with van der Waals surface area (Å²) in [7, 11) is 0. The van der Waals surface area contributed by atoms with Crippen LogP contribution >= 0.6 is 0 Å². The van der Waals surface area contributed by atoms with Crippen LogP contribution in [0.4, 0.5) is 0 Å². The van der Waals surface area contributed by atoms with Gasteiger partial charge in [-0.2, -0.15) is 0 Å². The molecule has 1 aliphatic heterocycles. The number of carbonyl (C=O) groups excluding carboxylic acids is 2. The molecule has 0 radical (unpaired) electrons. The van der Waals surface area contributed by atoms with Crippen molar-refractivity contribution in [2.45, 2.75) is 314 Å². The Morgan fingerprint density at radius 3 is 1.39 bits per heavy atom. The van der Waals surface area contributed by atoms with Crippen molar-refractivity contribution in [3.8, 4) is 0 Å². The van der Waals surface area contributed by atoms with Crippen molar-refractivity contribution in [1.82, 2.24) is 5.32 Å². The normalized spacial score (nSPS) is 19.5. The van der Waals surface area contributed by atoms with Gasteiger partial charge in [0.05, 0.1) is 32.0 Å². The molecule has 1 rings (SSSR count). The smallest absolute Gasteiger partial charge is 0.305 e. The average Bonchev–Trinajstić information content (AvgIpc) is 3.32. The minimum Gasteiger partial charge on any atom is -0.466 e. The molecule has 0 saturated carbocycles. The van der Waals surface area contributed by atoms with Gasteiger partial charge in [-0.1, -0.05) is 238 Å². The predicted molar refractivity (Wildman–Crippen MR) is 274 cm³/mol. The number of aliphatic hydroxyl groups excluding tert-OH is 5. The van der Waals surface area contributed by atoms with Crippen molar-refractivity contribution < 1.29 is 49.3 Å². The van der Waals surface area contributed by atoms with E-state index >= 15 is 0 Å². The number of carbonyl (C=O) groups is 2. The second kappa shape index (κ2) is 46.8. The van der Waals surface area contributed by atoms with Gasteiger partial charge in [0.25, 0.3) is 0 Å². The van der Waals surface area contributed by atoms with Gasteiger partial charge in [0.2, 0.25) is 5.91 Å². The summed E-state index contributed by atoms with van der Waals surface area (Å²) in [5, 5.41) is 54.1. The fraction of sp³-hybridized carbons (Fsp3) is 0.929. The number of allylic oxidation sites excluding steroid dienone is 1. The molecular formula is C56H107NO10. The Morgan fingerprint density at radius 1 is 0.537 bits per heavy atom. The summed E-state index contributed by atoms with van der Waals surface area (Å²) in [5.74, 6) is -0.236. The van der Waals surface area contributed by atoms with Crippen molar-refractivity contribution in [2.24, 2.45) is 0 Å². The molecule has 0 aromatic heterocycles. The van der Waals surface area contributed by atoms with Crippen LogP contribution in [0.2, 0.25) is 0 Å². The van der Waals surface area contributed by atoms with Crippen LogP contribution in [-0.2, 0) is 23.8 Å². The maximum atomic E-state index is 13.0. The van der Waals surface area contributed by atoms with E-state index in [0.29, 0.717) is 19.4 Å². The van der Waals surface area contributed by atoms with Crippen LogP contribution in [-0.4, -0.2) is 100 Å². The first-order valence-corrected chi connectivity index (χ1v) is 28.5. The summed E-state index contributed by atoms with van der Waals surface area (Å²) in [6.07, 6.45) is 43.1. The minimum atomic E-state index is -1.58. The highest BCUT2D eigenvalue weighted by atomic mass is 16.7. The topological polar surface area (TPSA) is 175 Å². The quantitative estimate of drug-likeness (QED) is 0.0196. The number of nitrogens with one attached hydrogen (secondary N) is 1. The molecule has 1 amide bonds. The lowest BCUT2D eigenvalue weighted by Gasteiger charge is -2.40. The van der Waals surface area contributed by atoms with Crippen molar-refractivity contribution in [1.29, 1.82) is 0 Å². The molecular weight excluding hydrogens is 847 g/mol. The van der Waals surface area contributed by atoms with Crippen molar-refractivity contribution >= 4 is 11.9 Å². The van der Waals surface area contributed by atoms with Crippen LogP contribution < -0.4 is 5.32 Å². The van der Waals surface area contributed by atoms with Gasteiger partial charge in [-0.05, 0) is 32.1 Å². The predicted octanol–water partition coefficient (Wildman–Crippen LogP) is 12.4. The van der Waals surface area contributed by atoms with Gasteiger partial charge in [-0.3, -0.25) is 9.59 Å². The molecule has 11 nitrogen and oxygen atoms in total. The Balaban J connectivity index is 2.06. The first-order valence-electron chi connectivity index (χ1n) is 28.5. The van der Waals surface area contributed by atoms with Crippen LogP contribution in [0.5, 0.6) is 0 Å². The van der Waals surface area contributed by atoms with Gasteiger partial charge in [-0.25, -0.2) is 0 Å². The Hall–Kier alpha value is -1.60. The van der Waals surface area contributed by atoms with Gasteiger partial charge in [0.1, 0.15) is 24.4 Å². The zero-order valence-corrected chi connectivity index (χ0v) is 43.4. The molecule has 0 spiro atoms. The van der Waals surface area contributed by atoms with Crippen molar-refractivity contribution in [3.05, 3.63) is 12.2 Å². The van der Waals surface area contributed by atoms with Gasteiger partial charge in [-0.15, -0.1) is 0 Å². The molecule has 1 fully saturated rings. The van der Waals surface area contributed by atoms with Crippen LogP contribution in [0.25, 0.3) is 0 Å². The summed E-state index contributed by atoms with van der Waals surface area (Å²) in [6, 6.07) is -0.821. The third kappa shape index (κ3) is 36.9. The number of unbranched alkanes of at least 4 members (excludes halogenated alkanes) is 35. The lowest BCUT2D eigenvalue weighted by Crippen LogP contribution is -2.60. The highest BCUT2D eigenvalue weighted by molar-refractivity contribution is 5.76. The Bertz CT molecular complexity index is 1120. The second-order valence-electron chi connectivity index (χ2n) is 20.0. The van der Waals surface area contributed by atoms with E-state index in [9.17, 15) is 35.1 Å². The molecule has 11 heteroatoms. The van der Waals surface area contributed by atoms with Crippen LogP contribution in [0.3, 0.4) is 0 Å². The lowest BCUT2D eigenvalue weighted by molar-refractivity contribution is -0.302. The van der Waals surface area contributed by atoms with E-state index in [1.165, 1.54) is 173 Å². The second-order valence-corrected chi connectivity index (χ2v) is 20.0. The number of rotatable bonds is 49. The maximum absolute atomic E-state index is 13.0. The Kier molecular flexibility index (Phi) is 44.3. The molecule has 0 bridgehead atoms. The fourth-order valence-electron chi connectivity index (χ4n) is 9.08. The van der Waals surface area contributed by atoms with Crippen molar-refractivity contribution in [3.63, 3.8) is 0 Å². The Morgan fingerprint density at radius 2 is 0.940 bits per heavy atom. The highest BCUT2D eigenvalue weighted by Gasteiger charge is 2.44. The summed E-state index contributed by atoms with van der Waals surface area (Å²) in [5.41, 5.74) is 0. The summed E-state index contributed by atoms with van der Waals surface area (Å²) >= 11 is 0. The van der Waals surface area contributed by atoms with E-state index in [0.717, 1.165) is 70.6 Å². The molecule has 0 aromatic carbocycles. The summed E-state index contributed by atoms with van der Waals surface area (Å²) < 4.78 is 16.7. The fourth-order valence-corrected chi connectivity index (χ4v) is 9.08. The molecule has 67 heavy (non-hydrogen) atoms. The minimum absolute atomic E-state index is 0.0349. The molecule has 396 valence electrons. The SMILES string of the molecule is CCCCCCCCC/C=C/C(O)C(COC1OC(CO)C(O)C(O)C1O)NC(=O)CCCCCCCCCCCCCOC(=O)CCCCCCCCCCCCCCCCCCCCC. The molecule has 1 aliphatic rings. The van der Waals surface area contributed by atoms with Crippen LogP contribution in [0, 0.1) is 0 Å². The standard InChI is InChI=1S/C56H107NO10/c1-3-5-7-9-11-13-14-15-16-17-18-19-20-21-24-28-32-36-40-44-52(61)65-45-41-37-33-29-25-22-23-27-31-35-39-43-51(60)57-48(49(59)42-38-34-30-26-12-10-8-6-4-2)47-66-56-55(64)54(63)53(62)50(46-58)67-56/h38,42,48-50,53-56,58-59,62-64H,3-37,39-41,43-47H2,1-2H3,(H,57,60)/b42-38+.